The SMILES string of the molecule is CCCCOc1ccc(CC(=O)O)cc1-c1cc(-c2cccc(F)c2)n(CCCC)n1. The van der Waals surface area contributed by atoms with Crippen molar-refractivity contribution in [3.63, 3.8) is 0 Å². The molecule has 0 saturated carbocycles. The quantitative estimate of drug-likeness (QED) is 0.386. The standard InChI is InChI=1S/C25H29FN2O3/c1-3-5-12-28-23(19-8-7-9-20(26)16-19)17-22(27-28)21-14-18(15-25(29)30)10-11-24(21)31-13-6-4-2/h7-11,14,16-17H,3-6,12-13,15H2,1-2H3,(H,29,30). The van der Waals surface area contributed by atoms with Gasteiger partial charge in [0.05, 0.1) is 24.4 Å². The molecule has 0 radical (unpaired) electrons. The summed E-state index contributed by atoms with van der Waals surface area (Å²) in [6, 6.07) is 13.8. The summed E-state index contributed by atoms with van der Waals surface area (Å²) in [5, 5.41) is 14.0. The molecule has 0 aliphatic heterocycles. The van der Waals surface area contributed by atoms with Crippen LogP contribution in [0.15, 0.2) is 48.5 Å². The van der Waals surface area contributed by atoms with Gasteiger partial charge in [-0.2, -0.15) is 5.10 Å². The van der Waals surface area contributed by atoms with Gasteiger partial charge in [0.15, 0.2) is 0 Å². The molecule has 31 heavy (non-hydrogen) atoms. The lowest BCUT2D eigenvalue weighted by Gasteiger charge is -2.11. The lowest BCUT2D eigenvalue weighted by molar-refractivity contribution is -0.136. The third-order valence-corrected chi connectivity index (χ3v) is 5.05. The van der Waals surface area contributed by atoms with Gasteiger partial charge < -0.3 is 9.84 Å². The van der Waals surface area contributed by atoms with Gasteiger partial charge in [0.1, 0.15) is 11.6 Å². The highest BCUT2D eigenvalue weighted by Crippen LogP contribution is 2.34. The summed E-state index contributed by atoms with van der Waals surface area (Å²) in [7, 11) is 0. The molecule has 0 unspecified atom stereocenters. The van der Waals surface area contributed by atoms with E-state index >= 15 is 0 Å². The number of nitrogens with zero attached hydrogens (tertiary/aromatic N) is 2. The number of halogens is 1. The summed E-state index contributed by atoms with van der Waals surface area (Å²) < 4.78 is 21.8. The molecule has 0 spiro atoms. The zero-order valence-corrected chi connectivity index (χ0v) is 18.1. The van der Waals surface area contributed by atoms with Crippen molar-refractivity contribution in [2.45, 2.75) is 52.5 Å². The minimum atomic E-state index is -0.889. The van der Waals surface area contributed by atoms with Crippen LogP contribution in [0.4, 0.5) is 4.39 Å². The van der Waals surface area contributed by atoms with Crippen molar-refractivity contribution < 1.29 is 19.0 Å². The van der Waals surface area contributed by atoms with Crippen molar-refractivity contribution in [1.29, 1.82) is 0 Å². The molecular formula is C25H29FN2O3. The number of carboxylic acids is 1. The molecule has 2 aromatic carbocycles. The van der Waals surface area contributed by atoms with Gasteiger partial charge in [-0.15, -0.1) is 0 Å². The van der Waals surface area contributed by atoms with Gasteiger partial charge in [-0.25, -0.2) is 4.39 Å². The average molecular weight is 425 g/mol. The second-order valence-corrected chi connectivity index (χ2v) is 7.60. The van der Waals surface area contributed by atoms with E-state index in [9.17, 15) is 14.3 Å². The zero-order chi connectivity index (χ0) is 22.2. The Morgan fingerprint density at radius 3 is 2.61 bits per heavy atom. The second-order valence-electron chi connectivity index (χ2n) is 7.60. The first kappa shape index (κ1) is 22.5. The number of aryl methyl sites for hydroxylation is 1. The molecular weight excluding hydrogens is 395 g/mol. The van der Waals surface area contributed by atoms with Gasteiger partial charge in [0.2, 0.25) is 0 Å². The van der Waals surface area contributed by atoms with E-state index < -0.39 is 5.97 Å². The van der Waals surface area contributed by atoms with Gasteiger partial charge in [0.25, 0.3) is 0 Å². The summed E-state index contributed by atoms with van der Waals surface area (Å²) in [4.78, 5) is 11.2. The Morgan fingerprint density at radius 1 is 1.10 bits per heavy atom. The van der Waals surface area contributed by atoms with Crippen LogP contribution in [0.3, 0.4) is 0 Å². The zero-order valence-electron chi connectivity index (χ0n) is 18.1. The molecule has 1 heterocycles. The van der Waals surface area contributed by atoms with E-state index in [1.807, 2.05) is 28.9 Å². The van der Waals surface area contributed by atoms with E-state index in [2.05, 4.69) is 13.8 Å². The largest absolute Gasteiger partial charge is 0.493 e. The maximum Gasteiger partial charge on any atom is 0.307 e. The van der Waals surface area contributed by atoms with Crippen LogP contribution in [0.5, 0.6) is 5.75 Å². The molecule has 0 aliphatic rings. The highest BCUT2D eigenvalue weighted by molar-refractivity contribution is 5.76. The molecule has 0 saturated heterocycles. The van der Waals surface area contributed by atoms with Crippen molar-refractivity contribution >= 4 is 5.97 Å². The van der Waals surface area contributed by atoms with E-state index in [1.54, 1.807) is 12.1 Å². The van der Waals surface area contributed by atoms with E-state index in [1.165, 1.54) is 12.1 Å². The van der Waals surface area contributed by atoms with Gasteiger partial charge in [-0.05, 0) is 48.7 Å². The number of rotatable bonds is 11. The number of carboxylic acid groups (broad SMARTS) is 1. The molecule has 1 N–H and O–H groups in total. The monoisotopic (exact) mass is 424 g/mol. The number of ether oxygens (including phenoxy) is 1. The van der Waals surface area contributed by atoms with Crippen molar-refractivity contribution in [3.8, 4) is 28.3 Å². The minimum Gasteiger partial charge on any atom is -0.493 e. The third-order valence-electron chi connectivity index (χ3n) is 5.05. The number of aromatic nitrogens is 2. The number of hydrogen-bond acceptors (Lipinski definition) is 3. The van der Waals surface area contributed by atoms with Crippen LogP contribution in [0, 0.1) is 5.82 Å². The van der Waals surface area contributed by atoms with E-state index in [0.717, 1.165) is 42.5 Å². The number of aliphatic carboxylic acids is 1. The van der Waals surface area contributed by atoms with Crippen LogP contribution in [0.1, 0.15) is 45.1 Å². The van der Waals surface area contributed by atoms with Crippen molar-refractivity contribution in [3.05, 3.63) is 59.9 Å². The molecule has 0 atom stereocenters. The number of unbranched alkanes of at least 4 members (excludes halogenated alkanes) is 2. The average Bonchev–Trinajstić information content (AvgIpc) is 3.17. The highest BCUT2D eigenvalue weighted by Gasteiger charge is 2.17. The first-order chi connectivity index (χ1) is 15.0. The van der Waals surface area contributed by atoms with Crippen LogP contribution in [-0.4, -0.2) is 27.5 Å². The number of benzene rings is 2. The summed E-state index contributed by atoms with van der Waals surface area (Å²) in [6.07, 6.45) is 3.83. The number of carbonyl (C=O) groups is 1. The Balaban J connectivity index is 2.07. The topological polar surface area (TPSA) is 64.3 Å². The lowest BCUT2D eigenvalue weighted by atomic mass is 10.0. The van der Waals surface area contributed by atoms with Crippen molar-refractivity contribution in [1.82, 2.24) is 9.78 Å². The third kappa shape index (κ3) is 5.94. The maximum atomic E-state index is 13.9. The fourth-order valence-corrected chi connectivity index (χ4v) is 3.42. The summed E-state index contributed by atoms with van der Waals surface area (Å²) in [5.74, 6) is -0.512. The molecule has 3 aromatic rings. The smallest absolute Gasteiger partial charge is 0.307 e. The molecule has 6 heteroatoms. The summed E-state index contributed by atoms with van der Waals surface area (Å²) in [6.45, 7) is 5.50. The van der Waals surface area contributed by atoms with Gasteiger partial charge >= 0.3 is 5.97 Å². The predicted molar refractivity (Wildman–Crippen MR) is 120 cm³/mol. The van der Waals surface area contributed by atoms with Crippen LogP contribution in [-0.2, 0) is 17.8 Å². The Bertz CT molecular complexity index is 1030. The van der Waals surface area contributed by atoms with E-state index in [-0.39, 0.29) is 12.2 Å². The summed E-state index contributed by atoms with van der Waals surface area (Å²) >= 11 is 0. The van der Waals surface area contributed by atoms with Crippen LogP contribution < -0.4 is 4.74 Å². The number of hydrogen-bond donors (Lipinski definition) is 1. The molecule has 0 aliphatic carbocycles. The Labute approximate surface area is 182 Å². The Hall–Kier alpha value is -3.15. The Kier molecular flexibility index (Phi) is 7.82. The maximum absolute atomic E-state index is 13.9. The minimum absolute atomic E-state index is 0.0739. The van der Waals surface area contributed by atoms with E-state index in [0.29, 0.717) is 30.2 Å². The van der Waals surface area contributed by atoms with Crippen molar-refractivity contribution in [2.75, 3.05) is 6.61 Å². The molecule has 164 valence electrons. The Morgan fingerprint density at radius 2 is 1.90 bits per heavy atom. The molecule has 5 nitrogen and oxygen atoms in total. The predicted octanol–water partition coefficient (Wildman–Crippen LogP) is 5.96. The molecule has 0 amide bonds. The fraction of sp³-hybridized carbons (Fsp3) is 0.360. The fourth-order valence-electron chi connectivity index (χ4n) is 3.42. The highest BCUT2D eigenvalue weighted by atomic mass is 19.1. The molecule has 0 fully saturated rings. The van der Waals surface area contributed by atoms with Gasteiger partial charge in [-0.3, -0.25) is 9.48 Å². The van der Waals surface area contributed by atoms with Gasteiger partial charge in [-0.1, -0.05) is 44.9 Å². The lowest BCUT2D eigenvalue weighted by Crippen LogP contribution is -2.04. The van der Waals surface area contributed by atoms with Crippen LogP contribution >= 0.6 is 0 Å². The van der Waals surface area contributed by atoms with E-state index in [4.69, 9.17) is 9.84 Å². The first-order valence-electron chi connectivity index (χ1n) is 10.8. The molecule has 1 aromatic heterocycles. The molecule has 0 bridgehead atoms. The summed E-state index contributed by atoms with van der Waals surface area (Å²) in [5.41, 5.74) is 3.70. The first-order valence-corrected chi connectivity index (χ1v) is 10.8. The van der Waals surface area contributed by atoms with Gasteiger partial charge in [0, 0.05) is 17.7 Å². The van der Waals surface area contributed by atoms with Crippen molar-refractivity contribution in [2.24, 2.45) is 0 Å². The van der Waals surface area contributed by atoms with Crippen LogP contribution in [0.2, 0.25) is 0 Å². The second kappa shape index (κ2) is 10.8. The van der Waals surface area contributed by atoms with Crippen LogP contribution in [0.25, 0.3) is 22.5 Å². The normalized spacial score (nSPS) is 10.9. The molecule has 3 rings (SSSR count).